The zero-order chi connectivity index (χ0) is 9.61. The van der Waals surface area contributed by atoms with E-state index in [1.807, 2.05) is 0 Å². The van der Waals surface area contributed by atoms with E-state index in [2.05, 4.69) is 6.58 Å². The average molecular weight is 194 g/mol. The summed E-state index contributed by atoms with van der Waals surface area (Å²) in [5.41, 5.74) is 0. The zero-order valence-corrected chi connectivity index (χ0v) is 8.34. The molecule has 0 aliphatic rings. The van der Waals surface area contributed by atoms with Gasteiger partial charge in [-0.1, -0.05) is 6.58 Å². The van der Waals surface area contributed by atoms with E-state index in [1.54, 1.807) is 13.8 Å². The van der Waals surface area contributed by atoms with Gasteiger partial charge in [-0.2, -0.15) is 0 Å². The molecule has 0 aromatic rings. The van der Waals surface area contributed by atoms with Crippen LogP contribution in [0.15, 0.2) is 12.3 Å². The van der Waals surface area contributed by atoms with E-state index < -0.39 is 7.60 Å². The summed E-state index contributed by atoms with van der Waals surface area (Å²) in [7, 11) is -3.12. The Labute approximate surface area is 72.7 Å². The topological polar surface area (TPSA) is 55.8 Å². The molecule has 0 amide bonds. The first-order valence-corrected chi connectivity index (χ1v) is 5.51. The van der Waals surface area contributed by atoms with E-state index in [1.165, 1.54) is 0 Å². The van der Waals surface area contributed by atoms with Crippen LogP contribution >= 0.6 is 7.60 Å². The summed E-state index contributed by atoms with van der Waals surface area (Å²) in [4.78, 5) is 0. The molecule has 0 aromatic carbocycles. The number of aliphatic hydroxyl groups excluding tert-OH is 1. The number of aliphatic hydroxyl groups is 1. The molecule has 12 heavy (non-hydrogen) atoms. The van der Waals surface area contributed by atoms with E-state index in [9.17, 15) is 4.57 Å². The van der Waals surface area contributed by atoms with Crippen molar-refractivity contribution in [1.29, 1.82) is 0 Å². The van der Waals surface area contributed by atoms with Crippen LogP contribution in [0.25, 0.3) is 0 Å². The first-order valence-electron chi connectivity index (χ1n) is 3.79. The number of allylic oxidation sites excluding steroid dienone is 1. The molecule has 0 aliphatic heterocycles. The summed E-state index contributed by atoms with van der Waals surface area (Å²) >= 11 is 0. The van der Waals surface area contributed by atoms with Gasteiger partial charge in [-0.05, 0) is 13.8 Å². The molecule has 0 spiro atoms. The smallest absolute Gasteiger partial charge is 0.338 e. The van der Waals surface area contributed by atoms with E-state index in [0.29, 0.717) is 13.2 Å². The third-order valence-electron chi connectivity index (χ3n) is 1.03. The minimum atomic E-state index is -3.12. The fourth-order valence-electron chi connectivity index (χ4n) is 0.745. The van der Waals surface area contributed by atoms with Crippen molar-refractivity contribution >= 4 is 7.60 Å². The lowest BCUT2D eigenvalue weighted by Gasteiger charge is -2.15. The van der Waals surface area contributed by atoms with Crippen LogP contribution in [-0.4, -0.2) is 24.5 Å². The van der Waals surface area contributed by atoms with Gasteiger partial charge in [-0.15, -0.1) is 0 Å². The van der Waals surface area contributed by atoms with Gasteiger partial charge in [0.05, 0.1) is 19.0 Å². The third kappa shape index (κ3) is 4.54. The first kappa shape index (κ1) is 11.7. The molecular formula is C7H15O4P. The SMILES string of the molecule is C=C(O)CP(=O)(OCC)OCC. The normalized spacial score (nSPS) is 11.5. The van der Waals surface area contributed by atoms with Crippen LogP contribution < -0.4 is 0 Å². The molecule has 72 valence electrons. The Bertz CT molecular complexity index is 180. The van der Waals surface area contributed by atoms with Crippen LogP contribution in [0, 0.1) is 0 Å². The van der Waals surface area contributed by atoms with E-state index >= 15 is 0 Å². The van der Waals surface area contributed by atoms with E-state index in [0.717, 1.165) is 0 Å². The molecule has 0 heterocycles. The molecule has 0 unspecified atom stereocenters. The second-order valence-corrected chi connectivity index (χ2v) is 4.23. The molecule has 0 bridgehead atoms. The summed E-state index contributed by atoms with van der Waals surface area (Å²) in [6.07, 6.45) is -0.130. The predicted octanol–water partition coefficient (Wildman–Crippen LogP) is 2.32. The van der Waals surface area contributed by atoms with Crippen LogP contribution in [0.3, 0.4) is 0 Å². The Balaban J connectivity index is 4.18. The quantitative estimate of drug-likeness (QED) is 0.520. The van der Waals surface area contributed by atoms with Crippen molar-refractivity contribution in [1.82, 2.24) is 0 Å². The molecule has 0 rings (SSSR count). The molecule has 0 saturated heterocycles. The van der Waals surface area contributed by atoms with Gasteiger partial charge >= 0.3 is 7.60 Å². The molecular weight excluding hydrogens is 179 g/mol. The maximum absolute atomic E-state index is 11.6. The van der Waals surface area contributed by atoms with Crippen molar-refractivity contribution < 1.29 is 18.7 Å². The van der Waals surface area contributed by atoms with Crippen molar-refractivity contribution in [2.24, 2.45) is 0 Å². The van der Waals surface area contributed by atoms with Crippen LogP contribution in [0.2, 0.25) is 0 Å². The van der Waals surface area contributed by atoms with Crippen molar-refractivity contribution in [3.63, 3.8) is 0 Å². The zero-order valence-electron chi connectivity index (χ0n) is 7.45. The van der Waals surface area contributed by atoms with Gasteiger partial charge in [0.15, 0.2) is 0 Å². The highest BCUT2D eigenvalue weighted by molar-refractivity contribution is 7.54. The highest BCUT2D eigenvalue weighted by Crippen LogP contribution is 2.48. The van der Waals surface area contributed by atoms with Crippen LogP contribution in [0.5, 0.6) is 0 Å². The van der Waals surface area contributed by atoms with Crippen LogP contribution in [0.4, 0.5) is 0 Å². The molecule has 0 aliphatic carbocycles. The molecule has 4 nitrogen and oxygen atoms in total. The van der Waals surface area contributed by atoms with Crippen molar-refractivity contribution in [3.8, 4) is 0 Å². The van der Waals surface area contributed by atoms with Gasteiger partial charge in [0, 0.05) is 0 Å². The largest absolute Gasteiger partial charge is 0.512 e. The highest BCUT2D eigenvalue weighted by atomic mass is 31.2. The summed E-state index contributed by atoms with van der Waals surface area (Å²) < 4.78 is 21.3. The fraction of sp³-hybridized carbons (Fsp3) is 0.714. The number of hydrogen-bond acceptors (Lipinski definition) is 4. The van der Waals surface area contributed by atoms with Gasteiger partial charge in [0.1, 0.15) is 6.16 Å². The molecule has 1 N–H and O–H groups in total. The summed E-state index contributed by atoms with van der Waals surface area (Å²) in [6, 6.07) is 0. The van der Waals surface area contributed by atoms with E-state index in [4.69, 9.17) is 14.2 Å². The van der Waals surface area contributed by atoms with Gasteiger partial charge in [0.2, 0.25) is 0 Å². The maximum Gasteiger partial charge on any atom is 0.338 e. The van der Waals surface area contributed by atoms with Crippen molar-refractivity contribution in [2.45, 2.75) is 13.8 Å². The lowest BCUT2D eigenvalue weighted by molar-refractivity contribution is 0.218. The minimum Gasteiger partial charge on any atom is -0.512 e. The second kappa shape index (κ2) is 5.36. The molecule has 5 heteroatoms. The Morgan fingerprint density at radius 2 is 1.83 bits per heavy atom. The molecule has 0 fully saturated rings. The van der Waals surface area contributed by atoms with Crippen LogP contribution in [-0.2, 0) is 13.6 Å². The average Bonchev–Trinajstić information content (AvgIpc) is 1.85. The number of rotatable bonds is 6. The summed E-state index contributed by atoms with van der Waals surface area (Å²) in [5, 5.41) is 8.81. The summed E-state index contributed by atoms with van der Waals surface area (Å²) in [6.45, 7) is 7.25. The van der Waals surface area contributed by atoms with Gasteiger partial charge in [0.25, 0.3) is 0 Å². The van der Waals surface area contributed by atoms with E-state index in [-0.39, 0.29) is 11.9 Å². The Morgan fingerprint density at radius 1 is 1.42 bits per heavy atom. The lowest BCUT2D eigenvalue weighted by atomic mass is 10.7. The highest BCUT2D eigenvalue weighted by Gasteiger charge is 2.24. The predicted molar refractivity (Wildman–Crippen MR) is 47.5 cm³/mol. The molecule has 0 radical (unpaired) electrons. The first-order chi connectivity index (χ1) is 5.54. The second-order valence-electron chi connectivity index (χ2n) is 2.17. The Kier molecular flexibility index (Phi) is 5.22. The third-order valence-corrected chi connectivity index (χ3v) is 3.08. The van der Waals surface area contributed by atoms with Gasteiger partial charge in [-0.25, -0.2) is 0 Å². The van der Waals surface area contributed by atoms with Gasteiger partial charge < -0.3 is 14.2 Å². The number of hydrogen-bond donors (Lipinski definition) is 1. The van der Waals surface area contributed by atoms with Gasteiger partial charge in [-0.3, -0.25) is 4.57 Å². The van der Waals surface area contributed by atoms with Crippen LogP contribution in [0.1, 0.15) is 13.8 Å². The maximum atomic E-state index is 11.6. The molecule has 0 saturated carbocycles. The Hall–Kier alpha value is -0.310. The fourth-order valence-corrected chi connectivity index (χ4v) is 2.24. The van der Waals surface area contributed by atoms with Crippen molar-refractivity contribution in [3.05, 3.63) is 12.3 Å². The minimum absolute atomic E-state index is 0.130. The standard InChI is InChI=1S/C7H15O4P/c1-4-10-12(9,11-5-2)6-7(3)8/h8H,3-6H2,1-2H3. The monoisotopic (exact) mass is 194 g/mol. The lowest BCUT2D eigenvalue weighted by Crippen LogP contribution is -2.01. The molecule has 0 atom stereocenters. The van der Waals surface area contributed by atoms with Crippen molar-refractivity contribution in [2.75, 3.05) is 19.4 Å². The Morgan fingerprint density at radius 3 is 2.08 bits per heavy atom. The summed E-state index contributed by atoms with van der Waals surface area (Å²) in [5.74, 6) is -0.180. The molecule has 0 aromatic heterocycles.